The Labute approximate surface area is 110 Å². The molecule has 1 aromatic heterocycles. The summed E-state index contributed by atoms with van der Waals surface area (Å²) in [5.74, 6) is -0.972. The van der Waals surface area contributed by atoms with Gasteiger partial charge in [-0.05, 0) is 30.9 Å². The first-order valence-corrected chi connectivity index (χ1v) is 6.61. The largest absolute Gasteiger partial charge is 0.480 e. The van der Waals surface area contributed by atoms with Gasteiger partial charge >= 0.3 is 12.0 Å². The van der Waals surface area contributed by atoms with E-state index in [4.69, 9.17) is 5.11 Å². The Bertz CT molecular complexity index is 485. The van der Waals surface area contributed by atoms with E-state index in [1.54, 1.807) is 23.3 Å². The van der Waals surface area contributed by atoms with Gasteiger partial charge in [0.1, 0.15) is 6.04 Å². The van der Waals surface area contributed by atoms with E-state index in [0.29, 0.717) is 6.54 Å². The third kappa shape index (κ3) is 1.96. The fourth-order valence-electron chi connectivity index (χ4n) is 2.16. The van der Waals surface area contributed by atoms with E-state index < -0.39 is 12.0 Å². The van der Waals surface area contributed by atoms with Gasteiger partial charge in [-0.3, -0.25) is 0 Å². The maximum absolute atomic E-state index is 12.1. The van der Waals surface area contributed by atoms with Crippen molar-refractivity contribution in [2.75, 3.05) is 13.6 Å². The molecule has 18 heavy (non-hydrogen) atoms. The lowest BCUT2D eigenvalue weighted by atomic mass is 10.1. The molecule has 0 spiro atoms. The van der Waals surface area contributed by atoms with Crippen molar-refractivity contribution in [3.63, 3.8) is 0 Å². The van der Waals surface area contributed by atoms with Crippen LogP contribution in [0.5, 0.6) is 0 Å². The lowest BCUT2D eigenvalue weighted by Gasteiger charge is -2.19. The summed E-state index contributed by atoms with van der Waals surface area (Å²) in [6.07, 6.45) is 0. The van der Waals surface area contributed by atoms with Crippen LogP contribution in [0.2, 0.25) is 0 Å². The number of amides is 2. The van der Waals surface area contributed by atoms with Gasteiger partial charge in [0, 0.05) is 18.5 Å². The first kappa shape index (κ1) is 12.9. The maximum atomic E-state index is 12.1. The van der Waals surface area contributed by atoms with Crippen LogP contribution in [0.25, 0.3) is 0 Å². The number of aliphatic carboxylic acids is 1. The Hall–Kier alpha value is -1.56. The van der Waals surface area contributed by atoms with E-state index in [1.165, 1.54) is 11.8 Å². The Morgan fingerprint density at radius 3 is 2.78 bits per heavy atom. The smallest absolute Gasteiger partial charge is 0.326 e. The van der Waals surface area contributed by atoms with E-state index in [0.717, 1.165) is 10.4 Å². The van der Waals surface area contributed by atoms with Crippen LogP contribution in [0, 0.1) is 6.92 Å². The molecule has 2 atom stereocenters. The summed E-state index contributed by atoms with van der Waals surface area (Å²) in [7, 11) is 1.72. The average Bonchev–Trinajstić information content (AvgIpc) is 2.85. The number of carboxylic acids is 1. The molecular weight excluding hydrogens is 252 g/mol. The zero-order valence-electron chi connectivity index (χ0n) is 10.6. The minimum absolute atomic E-state index is 0.0423. The maximum Gasteiger partial charge on any atom is 0.326 e. The molecule has 5 nitrogen and oxygen atoms in total. The first-order valence-electron chi connectivity index (χ1n) is 5.73. The zero-order chi connectivity index (χ0) is 13.4. The number of carbonyl (C=O) groups is 2. The molecule has 2 heterocycles. The number of hydrogen-bond acceptors (Lipinski definition) is 3. The summed E-state index contributed by atoms with van der Waals surface area (Å²) in [5, 5.41) is 11.0. The van der Waals surface area contributed by atoms with Gasteiger partial charge in [-0.1, -0.05) is 0 Å². The van der Waals surface area contributed by atoms with Gasteiger partial charge in [-0.2, -0.15) is 0 Å². The van der Waals surface area contributed by atoms with Gasteiger partial charge in [-0.25, -0.2) is 9.59 Å². The number of aryl methyl sites for hydroxylation is 1. The fraction of sp³-hybridized carbons (Fsp3) is 0.500. The number of urea groups is 1. The molecule has 98 valence electrons. The van der Waals surface area contributed by atoms with Crippen molar-refractivity contribution in [2.24, 2.45) is 0 Å². The van der Waals surface area contributed by atoms with Crippen LogP contribution in [0.4, 0.5) is 4.79 Å². The van der Waals surface area contributed by atoms with Crippen molar-refractivity contribution in [3.05, 3.63) is 21.9 Å². The van der Waals surface area contributed by atoms with Crippen molar-refractivity contribution in [3.8, 4) is 0 Å². The van der Waals surface area contributed by atoms with Crippen LogP contribution in [0.3, 0.4) is 0 Å². The van der Waals surface area contributed by atoms with Gasteiger partial charge in [0.05, 0.1) is 6.04 Å². The van der Waals surface area contributed by atoms with Crippen molar-refractivity contribution < 1.29 is 14.7 Å². The molecular formula is C12H16N2O3S. The van der Waals surface area contributed by atoms with E-state index in [1.807, 2.05) is 18.4 Å². The quantitative estimate of drug-likeness (QED) is 0.911. The highest BCUT2D eigenvalue weighted by Crippen LogP contribution is 2.34. The van der Waals surface area contributed by atoms with Gasteiger partial charge in [0.25, 0.3) is 0 Å². The van der Waals surface area contributed by atoms with Crippen LogP contribution in [0.1, 0.15) is 23.4 Å². The Morgan fingerprint density at radius 1 is 1.61 bits per heavy atom. The van der Waals surface area contributed by atoms with Crippen molar-refractivity contribution >= 4 is 23.3 Å². The average molecular weight is 268 g/mol. The molecule has 1 N–H and O–H groups in total. The molecule has 0 aliphatic carbocycles. The van der Waals surface area contributed by atoms with Crippen LogP contribution >= 0.6 is 11.3 Å². The number of thiophene rings is 1. The molecule has 1 aliphatic rings. The number of likely N-dealkylation sites (N-methyl/N-ethyl adjacent to an activating group) is 1. The third-order valence-electron chi connectivity index (χ3n) is 3.41. The Kier molecular flexibility index (Phi) is 3.30. The van der Waals surface area contributed by atoms with Crippen molar-refractivity contribution in [1.82, 2.24) is 9.80 Å². The molecule has 1 fully saturated rings. The monoisotopic (exact) mass is 268 g/mol. The topological polar surface area (TPSA) is 60.9 Å². The summed E-state index contributed by atoms with van der Waals surface area (Å²) in [4.78, 5) is 27.2. The number of rotatable bonds is 3. The number of hydrogen-bond donors (Lipinski definition) is 1. The molecule has 6 heteroatoms. The minimum Gasteiger partial charge on any atom is -0.480 e. The third-order valence-corrected chi connectivity index (χ3v) is 4.53. The van der Waals surface area contributed by atoms with Gasteiger partial charge in [0.15, 0.2) is 0 Å². The molecule has 0 aromatic carbocycles. The van der Waals surface area contributed by atoms with Gasteiger partial charge in [0.2, 0.25) is 0 Å². The second kappa shape index (κ2) is 4.61. The highest BCUT2D eigenvalue weighted by molar-refractivity contribution is 7.10. The van der Waals surface area contributed by atoms with Gasteiger partial charge in [-0.15, -0.1) is 11.3 Å². The highest BCUT2D eigenvalue weighted by atomic mass is 32.1. The van der Waals surface area contributed by atoms with Crippen LogP contribution in [-0.2, 0) is 4.79 Å². The number of nitrogens with zero attached hydrogens (tertiary/aromatic N) is 2. The Balaban J connectivity index is 2.25. The van der Waals surface area contributed by atoms with Crippen molar-refractivity contribution in [1.29, 1.82) is 0 Å². The molecule has 1 saturated heterocycles. The molecule has 2 amide bonds. The molecule has 2 rings (SSSR count). The molecule has 1 aromatic rings. The number of carbonyl (C=O) groups excluding carboxylic acids is 1. The summed E-state index contributed by atoms with van der Waals surface area (Å²) in [6, 6.07) is 0.967. The van der Waals surface area contributed by atoms with Gasteiger partial charge < -0.3 is 14.9 Å². The van der Waals surface area contributed by atoms with E-state index in [-0.39, 0.29) is 12.1 Å². The second-order valence-electron chi connectivity index (χ2n) is 4.54. The zero-order valence-corrected chi connectivity index (χ0v) is 11.4. The SMILES string of the molecule is Cc1ccsc1C1CN(C(C)C(=O)O)C(=O)N1C. The fourth-order valence-corrected chi connectivity index (χ4v) is 3.23. The first-order chi connectivity index (χ1) is 8.43. The van der Waals surface area contributed by atoms with E-state index in [2.05, 4.69) is 0 Å². The lowest BCUT2D eigenvalue weighted by Crippen LogP contribution is -2.41. The van der Waals surface area contributed by atoms with Crippen LogP contribution < -0.4 is 0 Å². The molecule has 0 saturated carbocycles. The Morgan fingerprint density at radius 2 is 2.28 bits per heavy atom. The standard InChI is InChI=1S/C12H16N2O3S/c1-7-4-5-18-10(7)9-6-14(8(2)11(15)16)12(17)13(9)3/h4-5,8-9H,6H2,1-3H3,(H,15,16). The molecule has 0 bridgehead atoms. The predicted octanol–water partition coefficient (Wildman–Crippen LogP) is 1.94. The lowest BCUT2D eigenvalue weighted by molar-refractivity contribution is -0.141. The van der Waals surface area contributed by atoms with E-state index in [9.17, 15) is 9.59 Å². The van der Waals surface area contributed by atoms with Crippen molar-refractivity contribution in [2.45, 2.75) is 25.9 Å². The summed E-state index contributed by atoms with van der Waals surface area (Å²) >= 11 is 1.61. The molecule has 0 radical (unpaired) electrons. The van der Waals surface area contributed by atoms with E-state index >= 15 is 0 Å². The minimum atomic E-state index is -0.972. The predicted molar refractivity (Wildman–Crippen MR) is 68.8 cm³/mol. The normalized spacial score (nSPS) is 21.5. The molecule has 1 aliphatic heterocycles. The molecule has 2 unspecified atom stereocenters. The highest BCUT2D eigenvalue weighted by Gasteiger charge is 2.40. The van der Waals surface area contributed by atoms with Crippen LogP contribution in [-0.4, -0.2) is 46.5 Å². The van der Waals surface area contributed by atoms with Crippen LogP contribution in [0.15, 0.2) is 11.4 Å². The number of carboxylic acid groups (broad SMARTS) is 1. The summed E-state index contributed by atoms with van der Waals surface area (Å²) in [5.41, 5.74) is 1.15. The second-order valence-corrected chi connectivity index (χ2v) is 5.49. The summed E-state index contributed by atoms with van der Waals surface area (Å²) < 4.78 is 0. The summed E-state index contributed by atoms with van der Waals surface area (Å²) in [6.45, 7) is 3.98.